The average molecular weight is 721 g/mol. The van der Waals surface area contributed by atoms with E-state index in [2.05, 4.69) is 14.2 Å². The van der Waals surface area contributed by atoms with Gasteiger partial charge >= 0.3 is 52.0 Å². The largest absolute Gasteiger partial charge is 3.00 e. The number of carboxylic acid groups (broad SMARTS) is 6. The van der Waals surface area contributed by atoms with Gasteiger partial charge in [-0.15, -0.1) is 0 Å². The topological polar surface area (TPSA) is 329 Å². The first-order chi connectivity index (χ1) is 19.4. The predicted molar refractivity (Wildman–Crippen MR) is 115 cm³/mol. The molecule has 0 bridgehead atoms. The van der Waals surface area contributed by atoms with Crippen LogP contribution in [0.5, 0.6) is 0 Å². The predicted octanol–water partition coefficient (Wildman–Crippen LogP) is -12.1. The van der Waals surface area contributed by atoms with E-state index in [-0.39, 0.29) is 34.1 Å². The molecule has 0 amide bonds. The van der Waals surface area contributed by atoms with Crippen molar-refractivity contribution >= 4 is 53.7 Å². The molecule has 0 rings (SSSR count). The summed E-state index contributed by atoms with van der Waals surface area (Å²) in [4.78, 5) is 95.4. The molecular formula is C21H27Fe2N3O18. The Morgan fingerprint density at radius 3 is 0.591 bits per heavy atom. The first kappa shape index (κ1) is 49.8. The third-order valence-corrected chi connectivity index (χ3v) is 3.86. The number of nitrogens with zero attached hydrogens (tertiary/aromatic N) is 3. The maximum Gasteiger partial charge on any atom is 3.00 e. The van der Waals surface area contributed by atoms with Crippen molar-refractivity contribution < 1.29 is 122 Å². The molecule has 23 heteroatoms. The minimum Gasteiger partial charge on any atom is -0.549 e. The van der Waals surface area contributed by atoms with Gasteiger partial charge in [-0.1, -0.05) is 0 Å². The smallest absolute Gasteiger partial charge is 0.549 e. The zero-order chi connectivity index (χ0) is 33.4. The summed E-state index contributed by atoms with van der Waals surface area (Å²) in [5.74, 6) is -11.0. The summed E-state index contributed by atoms with van der Waals surface area (Å²) in [6, 6.07) is 0. The minimum absolute atomic E-state index is 0. The van der Waals surface area contributed by atoms with Crippen molar-refractivity contribution in [2.24, 2.45) is 0 Å². The van der Waals surface area contributed by atoms with Crippen molar-refractivity contribution in [3.05, 3.63) is 0 Å². The molecule has 2 radical (unpaired) electrons. The van der Waals surface area contributed by atoms with Gasteiger partial charge in [0.25, 0.3) is 0 Å². The Morgan fingerprint density at radius 1 is 0.364 bits per heavy atom. The summed E-state index contributed by atoms with van der Waals surface area (Å²) in [5.41, 5.74) is 0. The summed E-state index contributed by atoms with van der Waals surface area (Å²) >= 11 is 0. The number of hydrogen-bond acceptors (Lipinski definition) is 21. The van der Waals surface area contributed by atoms with Crippen LogP contribution in [-0.4, -0.2) is 149 Å². The maximum absolute atomic E-state index is 10.7. The van der Waals surface area contributed by atoms with E-state index in [1.807, 2.05) is 0 Å². The number of carboxylic acids is 6. The molecule has 0 spiro atoms. The van der Waals surface area contributed by atoms with Gasteiger partial charge in [0.1, 0.15) is 0 Å². The van der Waals surface area contributed by atoms with Gasteiger partial charge in [-0.05, 0) is 0 Å². The number of aliphatic carboxylic acids is 6. The quantitative estimate of drug-likeness (QED) is 0.0720. The van der Waals surface area contributed by atoms with Crippen molar-refractivity contribution in [2.45, 2.75) is 0 Å². The Labute approximate surface area is 270 Å². The van der Waals surface area contributed by atoms with Crippen LogP contribution in [0.2, 0.25) is 0 Å². The van der Waals surface area contributed by atoms with Crippen molar-refractivity contribution in [3.63, 3.8) is 0 Å². The van der Waals surface area contributed by atoms with Gasteiger partial charge in [0.15, 0.2) is 0 Å². The number of carbonyl (C=O) groups excluding carboxylic acids is 9. The van der Waals surface area contributed by atoms with E-state index >= 15 is 0 Å². The van der Waals surface area contributed by atoms with E-state index in [4.69, 9.17) is 0 Å². The van der Waals surface area contributed by atoms with E-state index in [1.165, 1.54) is 0 Å². The first-order valence-electron chi connectivity index (χ1n) is 10.9. The molecule has 0 atom stereocenters. The van der Waals surface area contributed by atoms with E-state index in [1.54, 1.807) is 0 Å². The molecule has 0 aliphatic carbocycles. The second-order valence-electron chi connectivity index (χ2n) is 7.40. The summed E-state index contributed by atoms with van der Waals surface area (Å²) < 4.78 is 12.7. The van der Waals surface area contributed by atoms with Crippen LogP contribution in [0.3, 0.4) is 0 Å². The Morgan fingerprint density at radius 2 is 0.500 bits per heavy atom. The molecule has 0 fully saturated rings. The third-order valence-electron chi connectivity index (χ3n) is 3.86. The summed E-state index contributed by atoms with van der Waals surface area (Å²) in [7, 11) is 3.33. The molecule has 0 saturated carbocycles. The maximum atomic E-state index is 10.7. The van der Waals surface area contributed by atoms with Crippen LogP contribution < -0.4 is 30.6 Å². The normalized spacial score (nSPS) is 9.41. The van der Waals surface area contributed by atoms with Crippen molar-refractivity contribution in [1.29, 1.82) is 0 Å². The Hall–Kier alpha value is -3.85. The van der Waals surface area contributed by atoms with Crippen molar-refractivity contribution in [2.75, 3.05) is 80.2 Å². The Bertz CT molecular complexity index is 798. The fourth-order valence-electron chi connectivity index (χ4n) is 2.34. The molecule has 21 nitrogen and oxygen atoms in total. The van der Waals surface area contributed by atoms with Crippen LogP contribution in [-0.2, 0) is 91.5 Å². The van der Waals surface area contributed by atoms with Gasteiger partial charge in [-0.25, -0.2) is 0 Å². The molecule has 0 N–H and O–H groups in total. The van der Waals surface area contributed by atoms with Gasteiger partial charge in [0.05, 0.1) is 76.8 Å². The molecular weight excluding hydrogens is 694 g/mol. The van der Waals surface area contributed by atoms with E-state index in [0.717, 1.165) is 36.0 Å². The molecule has 0 aromatic rings. The Kier molecular flexibility index (Phi) is 33.1. The number of rotatable bonds is 18. The SMILES string of the molecule is COC(=O)CN(CC(=O)[O-])CC(=O)[O-].COC(=O)CN(CC(=O)[O-])CC(=O)[O-].COC(=O)CN(CC(=O)[O-])CC(=O)[O-].[Fe+3].[Fe+3]. The molecule has 250 valence electrons. The molecule has 0 saturated heterocycles. The van der Waals surface area contributed by atoms with Gasteiger partial charge < -0.3 is 73.6 Å². The number of methoxy groups -OCH3 is 3. The van der Waals surface area contributed by atoms with Gasteiger partial charge in [0, 0.05) is 39.3 Å². The average Bonchev–Trinajstić information content (AvgIpc) is 2.81. The molecule has 0 aromatic heterocycles. The number of esters is 3. The van der Waals surface area contributed by atoms with E-state index in [0.29, 0.717) is 0 Å². The third kappa shape index (κ3) is 36.2. The number of hydrogen-bond donors (Lipinski definition) is 0. The monoisotopic (exact) mass is 721 g/mol. The van der Waals surface area contributed by atoms with Crippen LogP contribution in [0.15, 0.2) is 0 Å². The summed E-state index contributed by atoms with van der Waals surface area (Å²) in [6.07, 6.45) is 0. The van der Waals surface area contributed by atoms with Crippen molar-refractivity contribution in [3.8, 4) is 0 Å². The zero-order valence-electron chi connectivity index (χ0n) is 23.3. The van der Waals surface area contributed by atoms with Gasteiger partial charge in [-0.3, -0.25) is 29.1 Å². The van der Waals surface area contributed by atoms with E-state index < -0.39 is 113 Å². The Balaban J connectivity index is -0.000000169. The summed E-state index contributed by atoms with van der Waals surface area (Å²) in [5, 5.41) is 60.9. The van der Waals surface area contributed by atoms with Gasteiger partial charge in [0.2, 0.25) is 0 Å². The zero-order valence-corrected chi connectivity index (χ0v) is 25.5. The second kappa shape index (κ2) is 29.2. The van der Waals surface area contributed by atoms with Crippen LogP contribution in [0.1, 0.15) is 0 Å². The number of carbonyl (C=O) groups is 9. The van der Waals surface area contributed by atoms with Gasteiger partial charge in [-0.2, -0.15) is 0 Å². The summed E-state index contributed by atoms with van der Waals surface area (Å²) in [6.45, 7) is -5.28. The minimum atomic E-state index is -1.48. The molecule has 0 aliphatic rings. The first-order valence-corrected chi connectivity index (χ1v) is 10.9. The standard InChI is InChI=1S/3C7H11NO6.2Fe/c3*1-14-7(13)4-8(2-5(9)10)3-6(11)12;;/h3*2-4H2,1H3,(H,9,10)(H,11,12);;/q;;;2*+3/p-6. The molecule has 44 heavy (non-hydrogen) atoms. The molecule has 0 heterocycles. The molecule has 0 unspecified atom stereocenters. The molecule has 0 aliphatic heterocycles. The van der Waals surface area contributed by atoms with Crippen LogP contribution in [0.25, 0.3) is 0 Å². The second-order valence-corrected chi connectivity index (χ2v) is 7.40. The van der Waals surface area contributed by atoms with E-state index in [9.17, 15) is 73.8 Å². The van der Waals surface area contributed by atoms with Crippen LogP contribution >= 0.6 is 0 Å². The molecule has 0 aromatic carbocycles. The number of ether oxygens (including phenoxy) is 3. The van der Waals surface area contributed by atoms with Crippen LogP contribution in [0, 0.1) is 0 Å². The fraction of sp³-hybridized carbons (Fsp3) is 0.571. The van der Waals surface area contributed by atoms with Crippen molar-refractivity contribution in [1.82, 2.24) is 14.7 Å². The fourth-order valence-corrected chi connectivity index (χ4v) is 2.34. The van der Waals surface area contributed by atoms with Crippen LogP contribution in [0.4, 0.5) is 0 Å².